The number of ketones is 1. The maximum atomic E-state index is 12.1. The lowest BCUT2D eigenvalue weighted by Crippen LogP contribution is -2.25. The van der Waals surface area contributed by atoms with E-state index in [-0.39, 0.29) is 11.5 Å². The maximum Gasteiger partial charge on any atom is 0.356 e. The van der Waals surface area contributed by atoms with Crippen LogP contribution in [0.15, 0.2) is 24.3 Å². The Bertz CT molecular complexity index is 647. The van der Waals surface area contributed by atoms with E-state index in [0.717, 1.165) is 10.9 Å². The van der Waals surface area contributed by atoms with E-state index in [4.69, 9.17) is 4.74 Å². The SMILES string of the molecule is CC(=O)c1c(C(=O)OC(C)(C)C)[nH]c2ccccc12. The van der Waals surface area contributed by atoms with Crippen LogP contribution < -0.4 is 0 Å². The van der Waals surface area contributed by atoms with E-state index in [9.17, 15) is 9.59 Å². The van der Waals surface area contributed by atoms with Gasteiger partial charge < -0.3 is 9.72 Å². The van der Waals surface area contributed by atoms with Crippen molar-refractivity contribution in [1.29, 1.82) is 0 Å². The lowest BCUT2D eigenvalue weighted by molar-refractivity contribution is 0.00622. The Morgan fingerprint density at radius 2 is 1.79 bits per heavy atom. The van der Waals surface area contributed by atoms with Gasteiger partial charge in [-0.3, -0.25) is 4.79 Å². The molecule has 0 saturated heterocycles. The molecule has 0 aliphatic rings. The number of Topliss-reactive ketones (excluding diaryl/α,β-unsaturated/α-hetero) is 1. The normalized spacial score (nSPS) is 11.6. The average molecular weight is 259 g/mol. The van der Waals surface area contributed by atoms with Crippen molar-refractivity contribution in [3.8, 4) is 0 Å². The number of benzene rings is 1. The van der Waals surface area contributed by atoms with Gasteiger partial charge in [-0.25, -0.2) is 4.79 Å². The van der Waals surface area contributed by atoms with E-state index in [1.54, 1.807) is 20.8 Å². The Morgan fingerprint density at radius 1 is 1.16 bits per heavy atom. The van der Waals surface area contributed by atoms with E-state index in [1.807, 2.05) is 24.3 Å². The third kappa shape index (κ3) is 2.67. The van der Waals surface area contributed by atoms with Gasteiger partial charge in [0.1, 0.15) is 11.3 Å². The van der Waals surface area contributed by atoms with E-state index in [0.29, 0.717) is 5.56 Å². The molecule has 0 saturated carbocycles. The van der Waals surface area contributed by atoms with Crippen molar-refractivity contribution in [3.63, 3.8) is 0 Å². The quantitative estimate of drug-likeness (QED) is 0.664. The molecule has 1 N–H and O–H groups in total. The van der Waals surface area contributed by atoms with Crippen molar-refractivity contribution < 1.29 is 14.3 Å². The monoisotopic (exact) mass is 259 g/mol. The third-order valence-electron chi connectivity index (χ3n) is 2.66. The minimum absolute atomic E-state index is 0.154. The molecule has 1 aromatic carbocycles. The van der Waals surface area contributed by atoms with Crippen molar-refractivity contribution in [1.82, 2.24) is 4.98 Å². The molecule has 0 spiro atoms. The Labute approximate surface area is 111 Å². The standard InChI is InChI=1S/C15H17NO3/c1-9(17)12-10-7-5-6-8-11(10)16-13(12)14(18)19-15(2,3)4/h5-8,16H,1-4H3. The molecular formula is C15H17NO3. The first kappa shape index (κ1) is 13.3. The van der Waals surface area contributed by atoms with Crippen LogP contribution in [0, 0.1) is 0 Å². The molecule has 2 aromatic rings. The van der Waals surface area contributed by atoms with Crippen LogP contribution in [0.25, 0.3) is 10.9 Å². The summed E-state index contributed by atoms with van der Waals surface area (Å²) in [7, 11) is 0. The average Bonchev–Trinajstić information content (AvgIpc) is 2.65. The first-order chi connectivity index (χ1) is 8.79. The minimum atomic E-state index is -0.595. The van der Waals surface area contributed by atoms with E-state index in [2.05, 4.69) is 4.98 Å². The zero-order valence-corrected chi connectivity index (χ0v) is 11.5. The predicted molar refractivity (Wildman–Crippen MR) is 73.5 cm³/mol. The van der Waals surface area contributed by atoms with Gasteiger partial charge in [0.25, 0.3) is 0 Å². The summed E-state index contributed by atoms with van der Waals surface area (Å²) in [6.45, 7) is 6.83. The van der Waals surface area contributed by atoms with Gasteiger partial charge in [-0.1, -0.05) is 18.2 Å². The second-order valence-corrected chi connectivity index (χ2v) is 5.48. The first-order valence-electron chi connectivity index (χ1n) is 6.14. The van der Waals surface area contributed by atoms with Crippen molar-refractivity contribution in [2.45, 2.75) is 33.3 Å². The number of carbonyl (C=O) groups excluding carboxylic acids is 2. The zero-order valence-electron chi connectivity index (χ0n) is 11.5. The molecule has 0 amide bonds. The topological polar surface area (TPSA) is 59.2 Å². The molecule has 0 unspecified atom stereocenters. The summed E-state index contributed by atoms with van der Waals surface area (Å²) < 4.78 is 5.32. The van der Waals surface area contributed by atoms with Crippen LogP contribution in [0.1, 0.15) is 48.5 Å². The molecule has 4 nitrogen and oxygen atoms in total. The number of para-hydroxylation sites is 1. The second kappa shape index (κ2) is 4.53. The highest BCUT2D eigenvalue weighted by atomic mass is 16.6. The van der Waals surface area contributed by atoms with Gasteiger partial charge in [0.15, 0.2) is 5.78 Å². The van der Waals surface area contributed by atoms with Gasteiger partial charge in [-0.15, -0.1) is 0 Å². The van der Waals surface area contributed by atoms with Crippen LogP contribution in [-0.4, -0.2) is 22.3 Å². The summed E-state index contributed by atoms with van der Waals surface area (Å²) >= 11 is 0. The smallest absolute Gasteiger partial charge is 0.356 e. The molecule has 0 aliphatic carbocycles. The lowest BCUT2D eigenvalue weighted by Gasteiger charge is -2.19. The molecule has 0 atom stereocenters. The Morgan fingerprint density at radius 3 is 2.37 bits per heavy atom. The highest BCUT2D eigenvalue weighted by molar-refractivity contribution is 6.14. The number of hydrogen-bond acceptors (Lipinski definition) is 3. The minimum Gasteiger partial charge on any atom is -0.455 e. The molecule has 0 bridgehead atoms. The molecule has 0 fully saturated rings. The summed E-state index contributed by atoms with van der Waals surface area (Å²) in [5.41, 5.74) is 0.782. The van der Waals surface area contributed by atoms with Crippen LogP contribution >= 0.6 is 0 Å². The highest BCUT2D eigenvalue weighted by Crippen LogP contribution is 2.24. The molecule has 1 heterocycles. The summed E-state index contributed by atoms with van der Waals surface area (Å²) in [4.78, 5) is 26.9. The lowest BCUT2D eigenvalue weighted by atomic mass is 10.1. The Hall–Kier alpha value is -2.10. The van der Waals surface area contributed by atoms with E-state index in [1.165, 1.54) is 6.92 Å². The molecule has 0 aliphatic heterocycles. The largest absolute Gasteiger partial charge is 0.455 e. The number of rotatable bonds is 2. The van der Waals surface area contributed by atoms with Crippen molar-refractivity contribution >= 4 is 22.7 Å². The molecule has 2 rings (SSSR count). The summed E-state index contributed by atoms with van der Waals surface area (Å²) in [5.74, 6) is -0.660. The molecule has 19 heavy (non-hydrogen) atoms. The fourth-order valence-electron chi connectivity index (χ4n) is 1.99. The number of ether oxygens (including phenoxy) is 1. The van der Waals surface area contributed by atoms with Crippen LogP contribution in [0.3, 0.4) is 0 Å². The maximum absolute atomic E-state index is 12.1. The number of esters is 1. The van der Waals surface area contributed by atoms with Gasteiger partial charge in [0, 0.05) is 10.9 Å². The van der Waals surface area contributed by atoms with Crippen molar-refractivity contribution in [3.05, 3.63) is 35.5 Å². The van der Waals surface area contributed by atoms with Crippen LogP contribution in [0.4, 0.5) is 0 Å². The van der Waals surface area contributed by atoms with Crippen LogP contribution in [-0.2, 0) is 4.74 Å². The first-order valence-corrected chi connectivity index (χ1v) is 6.14. The number of fused-ring (bicyclic) bond motifs is 1. The second-order valence-electron chi connectivity index (χ2n) is 5.48. The molecular weight excluding hydrogens is 242 g/mol. The number of hydrogen-bond donors (Lipinski definition) is 1. The molecule has 1 aromatic heterocycles. The number of nitrogens with one attached hydrogen (secondary N) is 1. The van der Waals surface area contributed by atoms with Crippen molar-refractivity contribution in [2.24, 2.45) is 0 Å². The van der Waals surface area contributed by atoms with Gasteiger partial charge in [-0.2, -0.15) is 0 Å². The predicted octanol–water partition coefficient (Wildman–Crippen LogP) is 3.33. The van der Waals surface area contributed by atoms with Gasteiger partial charge in [-0.05, 0) is 33.8 Å². The number of aromatic amines is 1. The number of aromatic nitrogens is 1. The summed E-state index contributed by atoms with van der Waals surface area (Å²) in [6, 6.07) is 7.33. The fourth-order valence-corrected chi connectivity index (χ4v) is 1.99. The molecule has 4 heteroatoms. The highest BCUT2D eigenvalue weighted by Gasteiger charge is 2.25. The fraction of sp³-hybridized carbons (Fsp3) is 0.333. The summed E-state index contributed by atoms with van der Waals surface area (Å²) in [6.07, 6.45) is 0. The Kier molecular flexibility index (Phi) is 3.18. The third-order valence-corrected chi connectivity index (χ3v) is 2.66. The van der Waals surface area contributed by atoms with E-state index < -0.39 is 11.6 Å². The zero-order chi connectivity index (χ0) is 14.2. The molecule has 0 radical (unpaired) electrons. The van der Waals surface area contributed by atoms with Gasteiger partial charge in [0.05, 0.1) is 5.56 Å². The number of H-pyrrole nitrogens is 1. The van der Waals surface area contributed by atoms with Gasteiger partial charge in [0.2, 0.25) is 0 Å². The number of carbonyl (C=O) groups is 2. The van der Waals surface area contributed by atoms with Gasteiger partial charge >= 0.3 is 5.97 Å². The molecule has 100 valence electrons. The van der Waals surface area contributed by atoms with E-state index >= 15 is 0 Å². The summed E-state index contributed by atoms with van der Waals surface area (Å²) in [5, 5.41) is 0.746. The van der Waals surface area contributed by atoms with Crippen LogP contribution in [0.2, 0.25) is 0 Å². The van der Waals surface area contributed by atoms with Crippen LogP contribution in [0.5, 0.6) is 0 Å². The van der Waals surface area contributed by atoms with Crippen molar-refractivity contribution in [2.75, 3.05) is 0 Å². The Balaban J connectivity index is 2.57.